The van der Waals surface area contributed by atoms with Gasteiger partial charge in [-0.25, -0.2) is 9.67 Å². The van der Waals surface area contributed by atoms with E-state index in [4.69, 9.17) is 4.98 Å². The van der Waals surface area contributed by atoms with E-state index in [9.17, 15) is 9.59 Å². The number of nitrogens with one attached hydrogen (secondary N) is 1. The van der Waals surface area contributed by atoms with Gasteiger partial charge in [0.1, 0.15) is 5.39 Å². The van der Waals surface area contributed by atoms with Crippen molar-refractivity contribution in [2.24, 2.45) is 0 Å². The molecule has 0 spiro atoms. The summed E-state index contributed by atoms with van der Waals surface area (Å²) in [6.45, 7) is 2.65. The molecule has 168 valence electrons. The summed E-state index contributed by atoms with van der Waals surface area (Å²) in [6.07, 6.45) is 3.65. The zero-order chi connectivity index (χ0) is 22.8. The number of nitrogens with zero attached hydrogens (tertiary/aromatic N) is 4. The van der Waals surface area contributed by atoms with Gasteiger partial charge in [0.05, 0.1) is 17.9 Å². The highest BCUT2D eigenvalue weighted by atomic mass is 32.2. The van der Waals surface area contributed by atoms with Crippen LogP contribution >= 0.6 is 11.8 Å². The first-order valence-electron chi connectivity index (χ1n) is 11.1. The lowest BCUT2D eigenvalue weighted by atomic mass is 10.1. The van der Waals surface area contributed by atoms with Gasteiger partial charge >= 0.3 is 0 Å². The molecule has 1 aliphatic heterocycles. The molecule has 0 radical (unpaired) electrons. The van der Waals surface area contributed by atoms with Crippen LogP contribution in [-0.4, -0.2) is 37.5 Å². The number of aryl methyl sites for hydroxylation is 2. The highest BCUT2D eigenvalue weighted by Crippen LogP contribution is 2.33. The molecule has 0 aliphatic carbocycles. The number of benzene rings is 2. The Kier molecular flexibility index (Phi) is 6.00. The second-order valence-corrected chi connectivity index (χ2v) is 9.29. The molecule has 2 aromatic carbocycles. The first-order chi connectivity index (χ1) is 16.1. The molecule has 1 aliphatic rings. The van der Waals surface area contributed by atoms with E-state index in [1.54, 1.807) is 15.4 Å². The van der Waals surface area contributed by atoms with Crippen molar-refractivity contribution in [1.29, 1.82) is 0 Å². The Morgan fingerprint density at radius 3 is 2.73 bits per heavy atom. The molecule has 4 aromatic rings. The van der Waals surface area contributed by atoms with E-state index in [0.717, 1.165) is 24.1 Å². The monoisotopic (exact) mass is 459 g/mol. The number of amides is 1. The SMILES string of the molecule is Cc1ccc(-n2ncc3c(=O)n4c(nc32)SCC4CC(=O)NCCCc2ccccc2)cc1. The van der Waals surface area contributed by atoms with Crippen molar-refractivity contribution in [3.05, 3.63) is 82.3 Å². The van der Waals surface area contributed by atoms with Crippen LogP contribution in [0.4, 0.5) is 0 Å². The molecule has 0 bridgehead atoms. The van der Waals surface area contributed by atoms with Crippen LogP contribution in [0.3, 0.4) is 0 Å². The van der Waals surface area contributed by atoms with Gasteiger partial charge < -0.3 is 5.32 Å². The van der Waals surface area contributed by atoms with Crippen molar-refractivity contribution >= 4 is 28.7 Å². The Bertz CT molecular complexity index is 1350. The van der Waals surface area contributed by atoms with E-state index < -0.39 is 0 Å². The predicted molar refractivity (Wildman–Crippen MR) is 130 cm³/mol. The number of thioether (sulfide) groups is 1. The lowest BCUT2D eigenvalue weighted by Crippen LogP contribution is -2.31. The first kappa shape index (κ1) is 21.5. The zero-order valence-corrected chi connectivity index (χ0v) is 19.2. The maximum atomic E-state index is 13.3. The van der Waals surface area contributed by atoms with E-state index >= 15 is 0 Å². The van der Waals surface area contributed by atoms with Gasteiger partial charge in [-0.3, -0.25) is 14.2 Å². The lowest BCUT2D eigenvalue weighted by Gasteiger charge is -2.13. The molecule has 0 saturated carbocycles. The third kappa shape index (κ3) is 4.43. The molecule has 3 heterocycles. The molecule has 33 heavy (non-hydrogen) atoms. The molecule has 2 aromatic heterocycles. The van der Waals surface area contributed by atoms with Gasteiger partial charge in [0.15, 0.2) is 10.8 Å². The fourth-order valence-corrected chi connectivity index (χ4v) is 5.24. The minimum atomic E-state index is -0.203. The van der Waals surface area contributed by atoms with Crippen LogP contribution in [0.15, 0.2) is 70.7 Å². The Morgan fingerprint density at radius 2 is 1.94 bits per heavy atom. The second-order valence-electron chi connectivity index (χ2n) is 8.31. The maximum Gasteiger partial charge on any atom is 0.265 e. The Hall–Kier alpha value is -3.39. The summed E-state index contributed by atoms with van der Waals surface area (Å²) in [6, 6.07) is 18.0. The molecular formula is C25H25N5O2S. The molecule has 1 amide bonds. The van der Waals surface area contributed by atoms with Gasteiger partial charge in [0, 0.05) is 18.7 Å². The fourth-order valence-electron chi connectivity index (χ4n) is 4.11. The lowest BCUT2D eigenvalue weighted by molar-refractivity contribution is -0.121. The number of fused-ring (bicyclic) bond motifs is 2. The number of aromatic nitrogens is 4. The van der Waals surface area contributed by atoms with Crippen molar-refractivity contribution in [2.45, 2.75) is 37.4 Å². The molecule has 1 unspecified atom stereocenters. The van der Waals surface area contributed by atoms with Crippen LogP contribution < -0.4 is 10.9 Å². The smallest absolute Gasteiger partial charge is 0.265 e. The highest BCUT2D eigenvalue weighted by molar-refractivity contribution is 7.99. The Morgan fingerprint density at radius 1 is 1.15 bits per heavy atom. The van der Waals surface area contributed by atoms with Crippen molar-refractivity contribution in [2.75, 3.05) is 12.3 Å². The van der Waals surface area contributed by atoms with Crippen LogP contribution in [-0.2, 0) is 11.2 Å². The first-order valence-corrected chi connectivity index (χ1v) is 12.1. The van der Waals surface area contributed by atoms with E-state index in [1.807, 2.05) is 49.4 Å². The number of hydrogen-bond donors (Lipinski definition) is 1. The average Bonchev–Trinajstić information content (AvgIpc) is 3.43. The van der Waals surface area contributed by atoms with Gasteiger partial charge in [0.2, 0.25) is 5.91 Å². The van der Waals surface area contributed by atoms with Crippen molar-refractivity contribution in [3.8, 4) is 5.69 Å². The van der Waals surface area contributed by atoms with Gasteiger partial charge in [-0.15, -0.1) is 0 Å². The van der Waals surface area contributed by atoms with Crippen LogP contribution in [0.25, 0.3) is 16.7 Å². The average molecular weight is 460 g/mol. The van der Waals surface area contributed by atoms with Crippen LogP contribution in [0.1, 0.15) is 30.0 Å². The van der Waals surface area contributed by atoms with Crippen LogP contribution in [0, 0.1) is 6.92 Å². The summed E-state index contributed by atoms with van der Waals surface area (Å²) in [7, 11) is 0. The molecule has 0 fully saturated rings. The van der Waals surface area contributed by atoms with Crippen LogP contribution in [0.5, 0.6) is 0 Å². The standard InChI is InChI=1S/C25H25N5O2S/c1-17-9-11-19(12-10-17)30-23-21(15-27-30)24(32)29-20(16-33-25(29)28-23)14-22(31)26-13-5-8-18-6-3-2-4-7-18/h2-4,6-7,9-12,15,20H,5,8,13-14,16H2,1H3,(H,26,31). The van der Waals surface area contributed by atoms with Gasteiger partial charge in [0.25, 0.3) is 5.56 Å². The van der Waals surface area contributed by atoms with Crippen LogP contribution in [0.2, 0.25) is 0 Å². The Labute approximate surface area is 195 Å². The summed E-state index contributed by atoms with van der Waals surface area (Å²) < 4.78 is 3.36. The van der Waals surface area contributed by atoms with E-state index in [0.29, 0.717) is 28.5 Å². The number of rotatable bonds is 7. The van der Waals surface area contributed by atoms with Gasteiger partial charge in [-0.05, 0) is 37.5 Å². The van der Waals surface area contributed by atoms with E-state index in [1.165, 1.54) is 17.3 Å². The Balaban J connectivity index is 1.28. The zero-order valence-electron chi connectivity index (χ0n) is 18.4. The summed E-state index contributed by atoms with van der Waals surface area (Å²) in [5.41, 5.74) is 3.69. The minimum absolute atomic E-state index is 0.0381. The summed E-state index contributed by atoms with van der Waals surface area (Å²) in [5, 5.41) is 8.52. The largest absolute Gasteiger partial charge is 0.356 e. The molecule has 0 saturated heterocycles. The molecule has 1 N–H and O–H groups in total. The van der Waals surface area contributed by atoms with Gasteiger partial charge in [-0.2, -0.15) is 5.10 Å². The molecule has 5 rings (SSSR count). The quantitative estimate of drug-likeness (QED) is 0.337. The van der Waals surface area contributed by atoms with E-state index in [2.05, 4.69) is 22.5 Å². The summed E-state index contributed by atoms with van der Waals surface area (Å²) >= 11 is 1.51. The summed E-state index contributed by atoms with van der Waals surface area (Å²) in [5.74, 6) is 0.619. The second kappa shape index (κ2) is 9.23. The van der Waals surface area contributed by atoms with E-state index in [-0.39, 0.29) is 23.9 Å². The molecule has 1 atom stereocenters. The predicted octanol–water partition coefficient (Wildman–Crippen LogP) is 3.68. The molecule has 8 heteroatoms. The minimum Gasteiger partial charge on any atom is -0.356 e. The van der Waals surface area contributed by atoms with Crippen molar-refractivity contribution in [1.82, 2.24) is 24.6 Å². The molecule has 7 nitrogen and oxygen atoms in total. The third-order valence-corrected chi connectivity index (χ3v) is 6.98. The third-order valence-electron chi connectivity index (χ3n) is 5.88. The van der Waals surface area contributed by atoms with Gasteiger partial charge in [-0.1, -0.05) is 59.8 Å². The normalized spacial score (nSPS) is 15.0. The summed E-state index contributed by atoms with van der Waals surface area (Å²) in [4.78, 5) is 30.5. The van der Waals surface area contributed by atoms with Crippen molar-refractivity contribution < 1.29 is 4.79 Å². The number of hydrogen-bond acceptors (Lipinski definition) is 5. The fraction of sp³-hybridized carbons (Fsp3) is 0.280. The maximum absolute atomic E-state index is 13.3. The number of carbonyl (C=O) groups is 1. The topological polar surface area (TPSA) is 81.8 Å². The highest BCUT2D eigenvalue weighted by Gasteiger charge is 2.29. The number of carbonyl (C=O) groups excluding carboxylic acids is 1. The molecular weight excluding hydrogens is 434 g/mol. The van der Waals surface area contributed by atoms with Crippen molar-refractivity contribution in [3.63, 3.8) is 0 Å².